The van der Waals surface area contributed by atoms with E-state index in [1.54, 1.807) is 0 Å². The standard InChI is InChI=1S/C24H34N3.C23H35N3.CH4.BF3.FH/c1-16-9-18(3)23(19(4)10-16)26-14-22(13-25(7)8)27(15-26)24-20(5)11-17(2)12-21(24)6;1-15-9-17(3)22(18(4)10-15)24-13-21(14-26(7)8)25-23-19(5)11-16(2)12-20(23)6;;2-1(3)4;/h9-12,15,22H,13-14H2,1-8H3;9-12,21,24-25H,13-14H2,1-8H3;1H4;;1H/q+1;;;;/p-1. The molecule has 0 amide bonds. The van der Waals surface area contributed by atoms with Gasteiger partial charge < -0.3 is 25.1 Å². The second-order valence-electron chi connectivity index (χ2n) is 16.9. The van der Waals surface area contributed by atoms with Crippen LogP contribution in [0.1, 0.15) is 74.2 Å². The third kappa shape index (κ3) is 15.3. The molecule has 0 bridgehead atoms. The van der Waals surface area contributed by atoms with E-state index in [0.29, 0.717) is 12.1 Å². The number of likely N-dealkylation sites (N-methyl/N-ethyl adjacent to an activating group) is 2. The van der Waals surface area contributed by atoms with Gasteiger partial charge in [-0.15, -0.1) is 0 Å². The van der Waals surface area contributed by atoms with Crippen molar-refractivity contribution in [3.05, 3.63) is 115 Å². The van der Waals surface area contributed by atoms with Crippen molar-refractivity contribution in [2.75, 3.05) is 69.9 Å². The maximum absolute atomic E-state index is 9.67. The zero-order valence-electron chi connectivity index (χ0n) is 38.1. The fourth-order valence-corrected chi connectivity index (χ4v) is 8.67. The molecule has 6 nitrogen and oxygen atoms in total. The van der Waals surface area contributed by atoms with E-state index in [2.05, 4.69) is 196 Å². The summed E-state index contributed by atoms with van der Waals surface area (Å²) in [6.07, 6.45) is 2.34. The van der Waals surface area contributed by atoms with Crippen LogP contribution < -0.4 is 20.2 Å². The van der Waals surface area contributed by atoms with E-state index in [1.165, 1.54) is 89.5 Å². The Hall–Kier alpha value is -4.35. The van der Waals surface area contributed by atoms with Crippen LogP contribution in [0.4, 0.5) is 35.7 Å². The van der Waals surface area contributed by atoms with E-state index in [-0.39, 0.29) is 12.1 Å². The van der Waals surface area contributed by atoms with Crippen LogP contribution in [0.15, 0.2) is 48.5 Å². The topological polar surface area (TPSA) is 36.8 Å². The molecule has 4 aromatic carbocycles. The first kappa shape index (κ1) is 52.7. The second-order valence-corrected chi connectivity index (χ2v) is 16.9. The van der Waals surface area contributed by atoms with Gasteiger partial charge in [0.05, 0.1) is 6.04 Å². The molecule has 0 aliphatic carbocycles. The summed E-state index contributed by atoms with van der Waals surface area (Å²) in [6.45, 7) is 30.3. The van der Waals surface area contributed by atoms with Gasteiger partial charge in [-0.1, -0.05) is 78.2 Å². The Bertz CT molecular complexity index is 1920. The molecule has 0 aromatic heterocycles. The zero-order valence-corrected chi connectivity index (χ0v) is 38.1. The molecule has 1 aliphatic heterocycles. The Labute approximate surface area is 355 Å². The molecule has 1 heterocycles. The van der Waals surface area contributed by atoms with Crippen LogP contribution in [0.25, 0.3) is 0 Å². The lowest BCUT2D eigenvalue weighted by Crippen LogP contribution is -3.00. The first-order valence-corrected chi connectivity index (χ1v) is 20.0. The van der Waals surface area contributed by atoms with Crippen LogP contribution in [0.2, 0.25) is 0 Å². The Morgan fingerprint density at radius 3 is 1.39 bits per heavy atom. The molecular formula is C48H73BF4N6. The molecule has 1 aliphatic rings. The molecule has 4 aromatic rings. The average molecular weight is 821 g/mol. The van der Waals surface area contributed by atoms with Gasteiger partial charge in [0.15, 0.2) is 6.04 Å². The van der Waals surface area contributed by atoms with Gasteiger partial charge in [0, 0.05) is 31.0 Å². The number of nitrogens with zero attached hydrogens (tertiary/aromatic N) is 4. The molecule has 0 spiro atoms. The van der Waals surface area contributed by atoms with Crippen LogP contribution in [0.3, 0.4) is 0 Å². The number of benzene rings is 4. The number of nitrogens with one attached hydrogen (secondary N) is 2. The molecule has 5 rings (SSSR count). The lowest BCUT2D eigenvalue weighted by molar-refractivity contribution is -0.429. The molecule has 0 fully saturated rings. The first-order valence-electron chi connectivity index (χ1n) is 20.0. The van der Waals surface area contributed by atoms with Crippen molar-refractivity contribution in [1.82, 2.24) is 9.80 Å². The Morgan fingerprint density at radius 1 is 0.627 bits per heavy atom. The third-order valence-corrected chi connectivity index (χ3v) is 10.3. The molecule has 0 saturated carbocycles. The summed E-state index contributed by atoms with van der Waals surface area (Å²) in [5, 5.41) is 7.49. The fourth-order valence-electron chi connectivity index (χ4n) is 8.67. The molecule has 326 valence electrons. The van der Waals surface area contributed by atoms with Gasteiger partial charge in [-0.2, -0.15) is 0 Å². The third-order valence-electron chi connectivity index (χ3n) is 10.3. The van der Waals surface area contributed by atoms with Crippen LogP contribution in [0.5, 0.6) is 0 Å². The Morgan fingerprint density at radius 2 is 1.00 bits per heavy atom. The van der Waals surface area contributed by atoms with Gasteiger partial charge in [-0.25, -0.2) is 9.48 Å². The van der Waals surface area contributed by atoms with Gasteiger partial charge >= 0.3 is 7.54 Å². The molecule has 2 unspecified atom stereocenters. The van der Waals surface area contributed by atoms with Crippen molar-refractivity contribution >= 4 is 36.6 Å². The van der Waals surface area contributed by atoms with E-state index < -0.39 is 7.54 Å². The van der Waals surface area contributed by atoms with E-state index in [1.807, 2.05) is 0 Å². The molecule has 0 saturated heterocycles. The summed E-state index contributed by atoms with van der Waals surface area (Å²) in [5.74, 6) is 0. The van der Waals surface area contributed by atoms with E-state index in [9.17, 15) is 12.9 Å². The van der Waals surface area contributed by atoms with Crippen LogP contribution in [0, 0.1) is 83.1 Å². The highest BCUT2D eigenvalue weighted by Gasteiger charge is 2.37. The van der Waals surface area contributed by atoms with E-state index in [0.717, 1.165) is 26.2 Å². The first-order chi connectivity index (χ1) is 26.6. The largest absolute Gasteiger partial charge is 1.00 e. The lowest BCUT2D eigenvalue weighted by atomic mass is 10.0. The van der Waals surface area contributed by atoms with Gasteiger partial charge in [0.25, 0.3) is 0 Å². The van der Waals surface area contributed by atoms with Gasteiger partial charge in [0.2, 0.25) is 6.34 Å². The maximum atomic E-state index is 9.67. The number of anilines is 3. The van der Waals surface area contributed by atoms with Gasteiger partial charge in [0.1, 0.15) is 17.9 Å². The summed E-state index contributed by atoms with van der Waals surface area (Å²) in [7, 11) is 4.92. The highest BCUT2D eigenvalue weighted by Crippen LogP contribution is 2.33. The van der Waals surface area contributed by atoms with E-state index >= 15 is 0 Å². The summed E-state index contributed by atoms with van der Waals surface area (Å²) in [4.78, 5) is 7.04. The van der Waals surface area contributed by atoms with Crippen molar-refractivity contribution in [3.63, 3.8) is 0 Å². The lowest BCUT2D eigenvalue weighted by Gasteiger charge is -2.27. The summed E-state index contributed by atoms with van der Waals surface area (Å²) < 4.78 is 31.5. The minimum atomic E-state index is -3.67. The molecule has 11 heteroatoms. The second kappa shape index (κ2) is 23.4. The highest BCUT2D eigenvalue weighted by atomic mass is 19.4. The summed E-state index contributed by atoms with van der Waals surface area (Å²) in [5.41, 5.74) is 21.2. The number of hydrogen-bond acceptors (Lipinski definition) is 5. The minimum Gasteiger partial charge on any atom is -1.00 e. The van der Waals surface area contributed by atoms with Crippen molar-refractivity contribution in [2.45, 2.75) is 103 Å². The normalized spacial score (nSPS) is 13.7. The van der Waals surface area contributed by atoms with Crippen molar-refractivity contribution < 1.29 is 22.2 Å². The Balaban J connectivity index is 0.000000525. The van der Waals surface area contributed by atoms with E-state index in [4.69, 9.17) is 0 Å². The summed E-state index contributed by atoms with van der Waals surface area (Å²) >= 11 is 0. The zero-order chi connectivity index (χ0) is 42.9. The summed E-state index contributed by atoms with van der Waals surface area (Å²) in [6, 6.07) is 18.9. The quantitative estimate of drug-likeness (QED) is 0.0908. The fraction of sp³-hybridized carbons (Fsp3) is 0.479. The number of aryl methyl sites for hydroxylation is 12. The molecule has 2 N–H and O–H groups in total. The maximum Gasteiger partial charge on any atom is 0.762 e. The monoisotopic (exact) mass is 821 g/mol. The molecule has 59 heavy (non-hydrogen) atoms. The highest BCUT2D eigenvalue weighted by molar-refractivity contribution is 6.33. The number of hydrogen-bond donors (Lipinski definition) is 2. The van der Waals surface area contributed by atoms with Crippen molar-refractivity contribution in [3.8, 4) is 0 Å². The smallest absolute Gasteiger partial charge is 0.762 e. The average Bonchev–Trinajstić information content (AvgIpc) is 3.42. The van der Waals surface area contributed by atoms with Crippen LogP contribution in [-0.4, -0.2) is 94.7 Å². The predicted octanol–water partition coefficient (Wildman–Crippen LogP) is 8.17. The molecule has 0 radical (unpaired) electrons. The van der Waals surface area contributed by atoms with Crippen LogP contribution in [-0.2, 0) is 0 Å². The Kier molecular flexibility index (Phi) is 20.9. The molecular weight excluding hydrogens is 747 g/mol. The van der Waals surface area contributed by atoms with Gasteiger partial charge in [-0.3, -0.25) is 12.9 Å². The number of halogens is 4. The van der Waals surface area contributed by atoms with Crippen molar-refractivity contribution in [2.24, 2.45) is 0 Å². The SMILES string of the molecule is C.Cc1cc(C)c(N2C=[N+](c3c(C)cc(C)cc3C)CC2CN(C)C)c(C)c1.Cc1cc(C)c(NCC(CN(C)C)Nc2c(C)cc(C)cc2C)c(C)c1.FB(F)F.[F-]. The number of rotatable bonds is 11. The van der Waals surface area contributed by atoms with Crippen molar-refractivity contribution in [1.29, 1.82) is 0 Å². The minimum absolute atomic E-state index is 0. The van der Waals surface area contributed by atoms with Crippen LogP contribution >= 0.6 is 0 Å². The van der Waals surface area contributed by atoms with Gasteiger partial charge in [-0.05, 0) is 156 Å². The molecule has 2 atom stereocenters. The predicted molar refractivity (Wildman–Crippen MR) is 249 cm³/mol.